The molecule has 3 aliphatic rings. The van der Waals surface area contributed by atoms with Crippen LogP contribution in [0.5, 0.6) is 11.7 Å². The van der Waals surface area contributed by atoms with Gasteiger partial charge in [0.15, 0.2) is 0 Å². The second-order valence-electron chi connectivity index (χ2n) is 6.96. The highest BCUT2D eigenvalue weighted by atomic mass is 19.4. The number of rotatable bonds is 4. The summed E-state index contributed by atoms with van der Waals surface area (Å²) in [5, 5.41) is 3.09. The maximum absolute atomic E-state index is 12.5. The van der Waals surface area contributed by atoms with E-state index in [1.54, 1.807) is 12.1 Å². The van der Waals surface area contributed by atoms with Gasteiger partial charge in [0.2, 0.25) is 5.76 Å². The number of alkyl halides is 3. The monoisotopic (exact) mass is 380 g/mol. The van der Waals surface area contributed by atoms with E-state index in [1.165, 1.54) is 12.1 Å². The van der Waals surface area contributed by atoms with Gasteiger partial charge in [-0.15, -0.1) is 0 Å². The predicted molar refractivity (Wildman–Crippen MR) is 90.6 cm³/mol. The van der Waals surface area contributed by atoms with Crippen LogP contribution in [0.1, 0.15) is 29.0 Å². The maximum Gasteiger partial charge on any atom is 0.449 e. The normalized spacial score (nSPS) is 24.6. The molecular formula is C19H19F3N2O3. The summed E-state index contributed by atoms with van der Waals surface area (Å²) in [6.07, 6.45) is -2.33. The zero-order valence-electron chi connectivity index (χ0n) is 14.5. The summed E-state index contributed by atoms with van der Waals surface area (Å²) in [7, 11) is 0. The number of ether oxygens (including phenoxy) is 1. The number of benzene rings is 1. The summed E-state index contributed by atoms with van der Waals surface area (Å²) in [4.78, 5) is 14.8. The standard InChI is InChI=1S/C19H19F3N2O3/c20-19(21,22)16-5-6-17(27-16)26-14-3-1-13(2-4-14)18(25)23-15-11-24-9-7-12(15)8-10-24/h1-6,12,15H,7-11H2,(H,23,25). The number of nitrogens with one attached hydrogen (secondary N) is 1. The molecule has 0 spiro atoms. The van der Waals surface area contributed by atoms with Gasteiger partial charge in [0.05, 0.1) is 0 Å². The summed E-state index contributed by atoms with van der Waals surface area (Å²) < 4.78 is 47.5. The van der Waals surface area contributed by atoms with Gasteiger partial charge in [0, 0.05) is 24.2 Å². The highest BCUT2D eigenvalue weighted by molar-refractivity contribution is 5.94. The second-order valence-corrected chi connectivity index (χ2v) is 6.96. The molecule has 0 saturated carbocycles. The first-order valence-corrected chi connectivity index (χ1v) is 8.87. The number of amides is 1. The van der Waals surface area contributed by atoms with E-state index in [0.29, 0.717) is 11.5 Å². The molecular weight excluding hydrogens is 361 g/mol. The van der Waals surface area contributed by atoms with Crippen LogP contribution in [0, 0.1) is 5.92 Å². The Morgan fingerprint density at radius 3 is 2.37 bits per heavy atom. The van der Waals surface area contributed by atoms with Crippen LogP contribution in [-0.2, 0) is 6.18 Å². The van der Waals surface area contributed by atoms with E-state index in [4.69, 9.17) is 4.74 Å². The number of nitrogens with zero attached hydrogens (tertiary/aromatic N) is 1. The van der Waals surface area contributed by atoms with Crippen LogP contribution in [0.15, 0.2) is 40.8 Å². The van der Waals surface area contributed by atoms with Crippen molar-refractivity contribution in [1.29, 1.82) is 0 Å². The molecule has 1 aromatic heterocycles. The zero-order chi connectivity index (χ0) is 19.0. The SMILES string of the molecule is O=C(NC1CN2CCC1CC2)c1ccc(Oc2ccc(C(F)(F)F)o2)cc1. The Kier molecular flexibility index (Phi) is 4.59. The smallest absolute Gasteiger partial charge is 0.426 e. The summed E-state index contributed by atoms with van der Waals surface area (Å²) in [5.41, 5.74) is 0.481. The molecule has 1 unspecified atom stereocenters. The summed E-state index contributed by atoms with van der Waals surface area (Å²) in [6.45, 7) is 3.09. The van der Waals surface area contributed by atoms with Gasteiger partial charge in [-0.25, -0.2) is 0 Å². The molecule has 3 aliphatic heterocycles. The topological polar surface area (TPSA) is 54.7 Å². The molecule has 5 rings (SSSR count). The van der Waals surface area contributed by atoms with Crippen LogP contribution < -0.4 is 10.1 Å². The van der Waals surface area contributed by atoms with Gasteiger partial charge in [0.1, 0.15) is 5.75 Å². The third kappa shape index (κ3) is 3.95. The first-order chi connectivity index (χ1) is 12.9. The molecule has 2 bridgehead atoms. The van der Waals surface area contributed by atoms with Crippen molar-refractivity contribution < 1.29 is 27.1 Å². The van der Waals surface area contributed by atoms with Gasteiger partial charge in [-0.1, -0.05) is 0 Å². The fraction of sp³-hybridized carbons (Fsp3) is 0.421. The number of hydrogen-bond donors (Lipinski definition) is 1. The van der Waals surface area contributed by atoms with Crippen molar-refractivity contribution in [1.82, 2.24) is 10.2 Å². The molecule has 8 heteroatoms. The van der Waals surface area contributed by atoms with Crippen LogP contribution in [-0.4, -0.2) is 36.5 Å². The molecule has 2 aromatic rings. The molecule has 144 valence electrons. The van der Waals surface area contributed by atoms with Gasteiger partial charge in [-0.05, 0) is 62.2 Å². The average Bonchev–Trinajstić information content (AvgIpc) is 3.12. The molecule has 1 aromatic carbocycles. The van der Waals surface area contributed by atoms with Crippen molar-refractivity contribution in [3.8, 4) is 11.7 Å². The first-order valence-electron chi connectivity index (χ1n) is 8.87. The van der Waals surface area contributed by atoms with Crippen LogP contribution in [0.25, 0.3) is 0 Å². The van der Waals surface area contributed by atoms with Gasteiger partial charge >= 0.3 is 6.18 Å². The van der Waals surface area contributed by atoms with Crippen molar-refractivity contribution >= 4 is 5.91 Å². The average molecular weight is 380 g/mol. The van der Waals surface area contributed by atoms with E-state index >= 15 is 0 Å². The van der Waals surface area contributed by atoms with E-state index in [2.05, 4.69) is 14.6 Å². The lowest BCUT2D eigenvalue weighted by molar-refractivity contribution is -0.153. The molecule has 27 heavy (non-hydrogen) atoms. The Balaban J connectivity index is 1.37. The quantitative estimate of drug-likeness (QED) is 0.874. The van der Waals surface area contributed by atoms with Crippen molar-refractivity contribution in [3.05, 3.63) is 47.7 Å². The minimum atomic E-state index is -4.56. The lowest BCUT2D eigenvalue weighted by Crippen LogP contribution is -2.57. The molecule has 1 atom stereocenters. The number of hydrogen-bond acceptors (Lipinski definition) is 4. The molecule has 5 nitrogen and oxygen atoms in total. The number of furan rings is 1. The Hall–Kier alpha value is -2.48. The Morgan fingerprint density at radius 1 is 1.11 bits per heavy atom. The van der Waals surface area contributed by atoms with Crippen molar-refractivity contribution in [2.45, 2.75) is 25.1 Å². The maximum atomic E-state index is 12.5. The van der Waals surface area contributed by atoms with E-state index < -0.39 is 11.9 Å². The van der Waals surface area contributed by atoms with Crippen molar-refractivity contribution in [2.24, 2.45) is 5.92 Å². The summed E-state index contributed by atoms with van der Waals surface area (Å²) in [5.74, 6) is -0.712. The Labute approximate surface area is 154 Å². The molecule has 3 fully saturated rings. The molecule has 1 N–H and O–H groups in total. The Bertz CT molecular complexity index is 808. The zero-order valence-corrected chi connectivity index (χ0v) is 14.5. The lowest BCUT2D eigenvalue weighted by atomic mass is 9.84. The number of fused-ring (bicyclic) bond motifs is 3. The fourth-order valence-electron chi connectivity index (χ4n) is 3.70. The van der Waals surface area contributed by atoms with Gasteiger partial charge in [-0.2, -0.15) is 13.2 Å². The van der Waals surface area contributed by atoms with Crippen molar-refractivity contribution in [2.75, 3.05) is 19.6 Å². The third-order valence-electron chi connectivity index (χ3n) is 5.17. The summed E-state index contributed by atoms with van der Waals surface area (Å²) >= 11 is 0. The molecule has 0 radical (unpaired) electrons. The van der Waals surface area contributed by atoms with E-state index in [9.17, 15) is 18.0 Å². The third-order valence-corrected chi connectivity index (χ3v) is 5.17. The van der Waals surface area contributed by atoms with E-state index in [-0.39, 0.29) is 23.6 Å². The number of carbonyl (C=O) groups is 1. The molecule has 1 amide bonds. The number of piperidine rings is 3. The highest BCUT2D eigenvalue weighted by Gasteiger charge is 2.36. The van der Waals surface area contributed by atoms with Gasteiger partial charge in [-0.3, -0.25) is 4.79 Å². The fourth-order valence-corrected chi connectivity index (χ4v) is 3.70. The highest BCUT2D eigenvalue weighted by Crippen LogP contribution is 2.34. The number of carbonyl (C=O) groups excluding carboxylic acids is 1. The molecule has 0 aliphatic carbocycles. The van der Waals surface area contributed by atoms with Crippen molar-refractivity contribution in [3.63, 3.8) is 0 Å². The Morgan fingerprint density at radius 2 is 1.81 bits per heavy atom. The van der Waals surface area contributed by atoms with Crippen LogP contribution in [0.3, 0.4) is 0 Å². The summed E-state index contributed by atoms with van der Waals surface area (Å²) in [6, 6.07) is 8.31. The number of halogens is 3. The predicted octanol–water partition coefficient (Wildman–Crippen LogP) is 3.91. The van der Waals surface area contributed by atoms with Crippen LogP contribution >= 0.6 is 0 Å². The lowest BCUT2D eigenvalue weighted by Gasteiger charge is -2.44. The van der Waals surface area contributed by atoms with Crippen LogP contribution in [0.2, 0.25) is 0 Å². The largest absolute Gasteiger partial charge is 0.449 e. The van der Waals surface area contributed by atoms with Gasteiger partial charge < -0.3 is 19.4 Å². The second kappa shape index (κ2) is 6.92. The van der Waals surface area contributed by atoms with E-state index in [0.717, 1.165) is 44.6 Å². The molecule has 4 heterocycles. The van der Waals surface area contributed by atoms with Crippen LogP contribution in [0.4, 0.5) is 13.2 Å². The molecule has 3 saturated heterocycles. The minimum Gasteiger partial charge on any atom is -0.426 e. The minimum absolute atomic E-state index is 0.155. The first kappa shape index (κ1) is 17.9. The van der Waals surface area contributed by atoms with E-state index in [1.807, 2.05) is 0 Å². The van der Waals surface area contributed by atoms with Gasteiger partial charge in [0.25, 0.3) is 11.9 Å².